The lowest BCUT2D eigenvalue weighted by molar-refractivity contribution is -0.167. The zero-order chi connectivity index (χ0) is 27.3. The van der Waals surface area contributed by atoms with Gasteiger partial charge in [-0.3, -0.25) is 0 Å². The number of fused-ring (bicyclic) bond motifs is 5. The van der Waals surface area contributed by atoms with Gasteiger partial charge in [0.1, 0.15) is 0 Å². The summed E-state index contributed by atoms with van der Waals surface area (Å²) in [7, 11) is 0. The molecule has 0 aromatic heterocycles. The van der Waals surface area contributed by atoms with Crippen LogP contribution in [0.25, 0.3) is 0 Å². The molecule has 4 rings (SSSR count). The van der Waals surface area contributed by atoms with Crippen molar-refractivity contribution in [2.24, 2.45) is 58.0 Å². The van der Waals surface area contributed by atoms with E-state index >= 15 is 0 Å². The van der Waals surface area contributed by atoms with Crippen LogP contribution in [0.15, 0.2) is 0 Å². The number of rotatable bonds is 14. The number of nitrogens with two attached hydrogens (primary N) is 1. The van der Waals surface area contributed by atoms with Gasteiger partial charge < -0.3 is 21.5 Å². The minimum atomic E-state index is -0.0748. The highest BCUT2D eigenvalue weighted by Gasteiger charge is 2.62. The van der Waals surface area contributed by atoms with Crippen LogP contribution in [-0.4, -0.2) is 43.4 Å². The monoisotopic (exact) mass is 532 g/mol. The fraction of sp³-hybridized carbons (Fsp3) is 1.00. The van der Waals surface area contributed by atoms with Gasteiger partial charge in [-0.25, -0.2) is 0 Å². The number of hydrogen-bond donors (Lipinski definition) is 4. The Bertz CT molecular complexity index is 714. The Hall–Kier alpha value is -0.160. The van der Waals surface area contributed by atoms with E-state index in [0.717, 1.165) is 68.6 Å². The lowest BCUT2D eigenvalue weighted by Gasteiger charge is -2.62. The SMILES string of the molecule is CC(C)CCC[C@H](C)C1CCC2C3C(CC[C@@]21C)[C@@]1(C)CC[C@@H](NCCCNCCCCN)C[C@@H]1C[C@H]3O. The quantitative estimate of drug-likeness (QED) is 0.187. The van der Waals surface area contributed by atoms with Crippen molar-refractivity contribution < 1.29 is 5.11 Å². The molecule has 4 aliphatic carbocycles. The smallest absolute Gasteiger partial charge is 0.0577 e. The topological polar surface area (TPSA) is 70.3 Å². The van der Waals surface area contributed by atoms with Crippen molar-refractivity contribution in [1.82, 2.24) is 10.6 Å². The summed E-state index contributed by atoms with van der Waals surface area (Å²) in [5.41, 5.74) is 6.48. The molecule has 0 spiro atoms. The number of unbranched alkanes of at least 4 members (excludes halogenated alkanes) is 1. The fourth-order valence-electron chi connectivity index (χ4n) is 10.5. The van der Waals surface area contributed by atoms with Crippen LogP contribution in [0.4, 0.5) is 0 Å². The van der Waals surface area contributed by atoms with E-state index in [-0.39, 0.29) is 6.10 Å². The first kappa shape index (κ1) is 30.8. The van der Waals surface area contributed by atoms with E-state index in [1.54, 1.807) is 0 Å². The molecule has 0 aliphatic heterocycles. The van der Waals surface area contributed by atoms with E-state index in [1.807, 2.05) is 0 Å². The molecule has 5 N–H and O–H groups in total. The van der Waals surface area contributed by atoms with Crippen LogP contribution in [-0.2, 0) is 0 Å². The van der Waals surface area contributed by atoms with Gasteiger partial charge in [0.2, 0.25) is 0 Å². The molecule has 4 saturated carbocycles. The van der Waals surface area contributed by atoms with Crippen LogP contribution in [0.1, 0.15) is 125 Å². The first-order valence-electron chi connectivity index (χ1n) is 17.0. The van der Waals surface area contributed by atoms with E-state index in [2.05, 4.69) is 45.3 Å². The molecule has 0 bridgehead atoms. The summed E-state index contributed by atoms with van der Waals surface area (Å²) in [5.74, 6) is 5.27. The maximum Gasteiger partial charge on any atom is 0.0577 e. The van der Waals surface area contributed by atoms with E-state index in [9.17, 15) is 5.11 Å². The van der Waals surface area contributed by atoms with Gasteiger partial charge in [0.25, 0.3) is 0 Å². The first-order valence-corrected chi connectivity index (χ1v) is 17.0. The standard InChI is InChI=1S/C34H65N3O/c1-24(2)10-8-11-25(3)28-12-13-29-32-30(15-17-34(28,29)5)33(4)16-14-27(22-26(33)23-31(32)38)37-21-9-20-36-19-7-6-18-35/h24-32,36-38H,6-23,35H2,1-5H3/t25-,26+,27+,28?,29?,30?,31+,32?,33-,34+/m0/s1. The van der Waals surface area contributed by atoms with Crippen LogP contribution in [0, 0.1) is 52.3 Å². The first-order chi connectivity index (χ1) is 18.2. The minimum absolute atomic E-state index is 0.0748. The second-order valence-electron chi connectivity index (χ2n) is 15.4. The normalized spacial score (nSPS) is 41.5. The molecule has 0 radical (unpaired) electrons. The minimum Gasteiger partial charge on any atom is -0.393 e. The van der Waals surface area contributed by atoms with Crippen LogP contribution in [0.3, 0.4) is 0 Å². The zero-order valence-corrected chi connectivity index (χ0v) is 25.9. The molecule has 4 fully saturated rings. The van der Waals surface area contributed by atoms with Crippen molar-refractivity contribution in [1.29, 1.82) is 0 Å². The van der Waals surface area contributed by atoms with Gasteiger partial charge in [-0.1, -0.05) is 53.9 Å². The highest BCUT2D eigenvalue weighted by Crippen LogP contribution is 2.68. The molecule has 0 saturated heterocycles. The number of hydrogen-bond acceptors (Lipinski definition) is 4. The summed E-state index contributed by atoms with van der Waals surface area (Å²) in [4.78, 5) is 0. The van der Waals surface area contributed by atoms with Crippen molar-refractivity contribution in [3.63, 3.8) is 0 Å². The van der Waals surface area contributed by atoms with E-state index in [0.29, 0.717) is 28.7 Å². The number of aliphatic hydroxyl groups is 1. The van der Waals surface area contributed by atoms with Crippen molar-refractivity contribution in [2.45, 2.75) is 137 Å². The van der Waals surface area contributed by atoms with Crippen molar-refractivity contribution in [2.75, 3.05) is 26.2 Å². The fourth-order valence-corrected chi connectivity index (χ4v) is 10.5. The molecular formula is C34H65N3O. The summed E-state index contributed by atoms with van der Waals surface area (Å²) in [6, 6.07) is 0.644. The molecule has 0 aromatic carbocycles. The Balaban J connectivity index is 1.30. The largest absolute Gasteiger partial charge is 0.393 e. The Morgan fingerprint density at radius 2 is 1.55 bits per heavy atom. The third-order valence-corrected chi connectivity index (χ3v) is 12.7. The molecule has 4 aliphatic rings. The van der Waals surface area contributed by atoms with Gasteiger partial charge in [0, 0.05) is 6.04 Å². The lowest BCUT2D eigenvalue weighted by Crippen LogP contribution is -2.59. The number of aliphatic hydroxyl groups excluding tert-OH is 1. The van der Waals surface area contributed by atoms with Gasteiger partial charge >= 0.3 is 0 Å². The van der Waals surface area contributed by atoms with Gasteiger partial charge in [-0.05, 0) is 149 Å². The van der Waals surface area contributed by atoms with Gasteiger partial charge in [0.05, 0.1) is 6.10 Å². The Kier molecular flexibility index (Phi) is 11.1. The Morgan fingerprint density at radius 1 is 0.816 bits per heavy atom. The molecule has 4 heteroatoms. The Labute approximate surface area is 236 Å². The van der Waals surface area contributed by atoms with Crippen LogP contribution < -0.4 is 16.4 Å². The molecule has 0 aromatic rings. The predicted molar refractivity (Wildman–Crippen MR) is 162 cm³/mol. The molecule has 0 amide bonds. The van der Waals surface area contributed by atoms with Gasteiger partial charge in [-0.15, -0.1) is 0 Å². The van der Waals surface area contributed by atoms with Crippen LogP contribution in [0.5, 0.6) is 0 Å². The highest BCUT2D eigenvalue weighted by atomic mass is 16.3. The maximum absolute atomic E-state index is 11.7. The molecule has 4 unspecified atom stereocenters. The average Bonchev–Trinajstić information content (AvgIpc) is 3.23. The summed E-state index contributed by atoms with van der Waals surface area (Å²) < 4.78 is 0. The summed E-state index contributed by atoms with van der Waals surface area (Å²) in [6.45, 7) is 16.7. The summed E-state index contributed by atoms with van der Waals surface area (Å²) in [6.07, 6.45) is 18.2. The zero-order valence-electron chi connectivity index (χ0n) is 25.9. The predicted octanol–water partition coefficient (Wildman–Crippen LogP) is 6.76. The maximum atomic E-state index is 11.7. The Morgan fingerprint density at radius 3 is 2.32 bits per heavy atom. The van der Waals surface area contributed by atoms with E-state index in [1.165, 1.54) is 77.0 Å². The summed E-state index contributed by atoms with van der Waals surface area (Å²) in [5, 5.41) is 19.2. The van der Waals surface area contributed by atoms with Crippen LogP contribution in [0.2, 0.25) is 0 Å². The highest BCUT2D eigenvalue weighted by molar-refractivity contribution is 5.12. The molecule has 4 nitrogen and oxygen atoms in total. The molecule has 0 heterocycles. The van der Waals surface area contributed by atoms with Crippen molar-refractivity contribution >= 4 is 0 Å². The van der Waals surface area contributed by atoms with Crippen molar-refractivity contribution in [3.05, 3.63) is 0 Å². The van der Waals surface area contributed by atoms with E-state index < -0.39 is 0 Å². The lowest BCUT2D eigenvalue weighted by atomic mass is 9.43. The molecule has 38 heavy (non-hydrogen) atoms. The third-order valence-electron chi connectivity index (χ3n) is 12.7. The van der Waals surface area contributed by atoms with Gasteiger partial charge in [-0.2, -0.15) is 0 Å². The van der Waals surface area contributed by atoms with Gasteiger partial charge in [0.15, 0.2) is 0 Å². The van der Waals surface area contributed by atoms with Crippen LogP contribution >= 0.6 is 0 Å². The second-order valence-corrected chi connectivity index (χ2v) is 15.4. The van der Waals surface area contributed by atoms with Crippen molar-refractivity contribution in [3.8, 4) is 0 Å². The number of nitrogens with one attached hydrogen (secondary N) is 2. The third kappa shape index (κ3) is 6.66. The van der Waals surface area contributed by atoms with E-state index in [4.69, 9.17) is 5.73 Å². The molecule has 222 valence electrons. The average molecular weight is 532 g/mol. The molecular weight excluding hydrogens is 466 g/mol. The second kappa shape index (κ2) is 13.7. The summed E-state index contributed by atoms with van der Waals surface area (Å²) >= 11 is 0. The molecule has 10 atom stereocenters.